The quantitative estimate of drug-likeness (QED) is 0.835. The number of nitrogens with zero attached hydrogens (tertiary/aromatic N) is 2. The molecule has 0 spiro atoms. The van der Waals surface area contributed by atoms with Crippen molar-refractivity contribution in [1.29, 1.82) is 0 Å². The zero-order valence-corrected chi connectivity index (χ0v) is 12.5. The van der Waals surface area contributed by atoms with Crippen molar-refractivity contribution in [2.45, 2.75) is 45.1 Å². The van der Waals surface area contributed by atoms with Gasteiger partial charge in [0, 0.05) is 11.4 Å². The Bertz CT molecular complexity index is 593. The van der Waals surface area contributed by atoms with Crippen LogP contribution in [-0.4, -0.2) is 16.0 Å². The highest BCUT2D eigenvalue weighted by Crippen LogP contribution is 2.29. The van der Waals surface area contributed by atoms with Gasteiger partial charge in [0.15, 0.2) is 0 Å². The van der Waals surface area contributed by atoms with Gasteiger partial charge in [-0.15, -0.1) is 0 Å². The number of benzene rings is 1. The first-order valence-corrected chi connectivity index (χ1v) is 7.80. The van der Waals surface area contributed by atoms with Crippen LogP contribution in [-0.2, 0) is 0 Å². The van der Waals surface area contributed by atoms with Gasteiger partial charge in [-0.3, -0.25) is 0 Å². The van der Waals surface area contributed by atoms with Gasteiger partial charge in [-0.2, -0.15) is 0 Å². The first-order chi connectivity index (χ1) is 9.74. The summed E-state index contributed by atoms with van der Waals surface area (Å²) in [5.74, 6) is 1.59. The van der Waals surface area contributed by atoms with E-state index in [0.29, 0.717) is 11.3 Å². The van der Waals surface area contributed by atoms with Crippen molar-refractivity contribution in [3.8, 4) is 0 Å². The van der Waals surface area contributed by atoms with Crippen molar-refractivity contribution in [2.24, 2.45) is 5.92 Å². The number of fused-ring (bicyclic) bond motifs is 1. The van der Waals surface area contributed by atoms with Gasteiger partial charge in [-0.25, -0.2) is 9.97 Å². The van der Waals surface area contributed by atoms with E-state index in [4.69, 9.17) is 11.6 Å². The van der Waals surface area contributed by atoms with Crippen LogP contribution in [0.1, 0.15) is 39.0 Å². The van der Waals surface area contributed by atoms with Crippen LogP contribution in [0.4, 0.5) is 5.82 Å². The monoisotopic (exact) mass is 289 g/mol. The lowest BCUT2D eigenvalue weighted by Gasteiger charge is -2.28. The van der Waals surface area contributed by atoms with Gasteiger partial charge in [0.25, 0.3) is 0 Å². The predicted octanol–water partition coefficient (Wildman–Crippen LogP) is 4.66. The average molecular weight is 290 g/mol. The maximum Gasteiger partial charge on any atom is 0.224 e. The molecule has 3 rings (SSSR count). The van der Waals surface area contributed by atoms with E-state index in [0.717, 1.165) is 22.6 Å². The Labute approximate surface area is 124 Å². The van der Waals surface area contributed by atoms with Crippen LogP contribution in [0.25, 0.3) is 10.9 Å². The Morgan fingerprint density at radius 3 is 2.70 bits per heavy atom. The summed E-state index contributed by atoms with van der Waals surface area (Å²) < 4.78 is 0. The molecule has 0 radical (unpaired) electrons. The van der Waals surface area contributed by atoms with Gasteiger partial charge in [-0.1, -0.05) is 31.4 Å². The molecule has 2 aromatic rings. The van der Waals surface area contributed by atoms with Crippen molar-refractivity contribution >= 4 is 28.3 Å². The van der Waals surface area contributed by atoms with Crippen molar-refractivity contribution < 1.29 is 0 Å². The molecule has 1 fully saturated rings. The summed E-state index contributed by atoms with van der Waals surface area (Å²) in [6, 6.07) is 8.42. The van der Waals surface area contributed by atoms with Gasteiger partial charge in [0.05, 0.1) is 5.52 Å². The van der Waals surface area contributed by atoms with Gasteiger partial charge in [-0.05, 0) is 49.4 Å². The van der Waals surface area contributed by atoms with E-state index in [1.54, 1.807) is 0 Å². The summed E-state index contributed by atoms with van der Waals surface area (Å²) in [4.78, 5) is 8.65. The molecule has 0 saturated heterocycles. The van der Waals surface area contributed by atoms with E-state index in [2.05, 4.69) is 22.2 Å². The number of aromatic nitrogens is 2. The fourth-order valence-corrected chi connectivity index (χ4v) is 3.30. The van der Waals surface area contributed by atoms with Crippen LogP contribution < -0.4 is 5.32 Å². The molecule has 1 atom stereocenters. The molecule has 20 heavy (non-hydrogen) atoms. The molecule has 1 aliphatic rings. The lowest BCUT2D eigenvalue weighted by Crippen LogP contribution is -2.28. The number of rotatable bonds is 3. The van der Waals surface area contributed by atoms with Crippen molar-refractivity contribution in [1.82, 2.24) is 9.97 Å². The third-order valence-corrected chi connectivity index (χ3v) is 4.47. The molecule has 4 heteroatoms. The summed E-state index contributed by atoms with van der Waals surface area (Å²) in [5.41, 5.74) is 0.894. The lowest BCUT2D eigenvalue weighted by atomic mass is 9.84. The molecule has 1 N–H and O–H groups in total. The van der Waals surface area contributed by atoms with Crippen LogP contribution in [0.15, 0.2) is 24.3 Å². The SMILES string of the molecule is CC(Nc1nc(Cl)nc2ccccc12)C1CCCCC1. The van der Waals surface area contributed by atoms with Crippen LogP contribution in [0.5, 0.6) is 0 Å². The van der Waals surface area contributed by atoms with Crippen LogP contribution in [0, 0.1) is 5.92 Å². The van der Waals surface area contributed by atoms with Crippen molar-refractivity contribution in [3.05, 3.63) is 29.5 Å². The smallest absolute Gasteiger partial charge is 0.224 e. The molecule has 1 unspecified atom stereocenters. The molecule has 1 saturated carbocycles. The Kier molecular flexibility index (Phi) is 4.06. The summed E-state index contributed by atoms with van der Waals surface area (Å²) in [6.07, 6.45) is 6.70. The number of hydrogen-bond acceptors (Lipinski definition) is 3. The standard InChI is InChI=1S/C16H20ClN3/c1-11(12-7-3-2-4-8-12)18-15-13-9-5-6-10-14(13)19-16(17)20-15/h5-6,9-12H,2-4,7-8H2,1H3,(H,18,19,20). The van der Waals surface area contributed by atoms with Crippen LogP contribution in [0.3, 0.4) is 0 Å². The van der Waals surface area contributed by atoms with Crippen molar-refractivity contribution in [2.75, 3.05) is 5.32 Å². The minimum Gasteiger partial charge on any atom is -0.367 e. The van der Waals surface area contributed by atoms with Gasteiger partial charge in [0.1, 0.15) is 5.82 Å². The first-order valence-electron chi connectivity index (χ1n) is 7.43. The Balaban J connectivity index is 1.86. The second-order valence-corrected chi connectivity index (χ2v) is 6.03. The zero-order valence-electron chi connectivity index (χ0n) is 11.8. The highest BCUT2D eigenvalue weighted by molar-refractivity contribution is 6.28. The van der Waals surface area contributed by atoms with Gasteiger partial charge < -0.3 is 5.32 Å². The molecule has 1 aromatic carbocycles. The molecule has 1 heterocycles. The summed E-state index contributed by atoms with van der Waals surface area (Å²) >= 11 is 6.03. The third kappa shape index (κ3) is 2.88. The Morgan fingerprint density at radius 1 is 1.15 bits per heavy atom. The zero-order chi connectivity index (χ0) is 13.9. The predicted molar refractivity (Wildman–Crippen MR) is 84.2 cm³/mol. The van der Waals surface area contributed by atoms with E-state index in [1.807, 2.05) is 24.3 Å². The van der Waals surface area contributed by atoms with E-state index in [1.165, 1.54) is 32.1 Å². The summed E-state index contributed by atoms with van der Waals surface area (Å²) in [7, 11) is 0. The summed E-state index contributed by atoms with van der Waals surface area (Å²) in [6.45, 7) is 2.25. The Morgan fingerprint density at radius 2 is 1.90 bits per heavy atom. The first kappa shape index (κ1) is 13.6. The average Bonchev–Trinajstić information content (AvgIpc) is 2.48. The molecular formula is C16H20ClN3. The number of hydrogen-bond donors (Lipinski definition) is 1. The highest BCUT2D eigenvalue weighted by atomic mass is 35.5. The number of para-hydroxylation sites is 1. The molecule has 0 bridgehead atoms. The second-order valence-electron chi connectivity index (χ2n) is 5.69. The molecule has 0 amide bonds. The molecule has 3 nitrogen and oxygen atoms in total. The molecule has 1 aromatic heterocycles. The molecule has 1 aliphatic carbocycles. The second kappa shape index (κ2) is 5.96. The van der Waals surface area contributed by atoms with Crippen LogP contribution >= 0.6 is 11.6 Å². The maximum absolute atomic E-state index is 6.03. The maximum atomic E-state index is 6.03. The fourth-order valence-electron chi connectivity index (χ4n) is 3.13. The van der Waals surface area contributed by atoms with Crippen LogP contribution in [0.2, 0.25) is 5.28 Å². The largest absolute Gasteiger partial charge is 0.367 e. The minimum atomic E-state index is 0.307. The molecular weight excluding hydrogens is 270 g/mol. The summed E-state index contributed by atoms with van der Waals surface area (Å²) in [5, 5.41) is 4.91. The Hall–Kier alpha value is -1.35. The van der Waals surface area contributed by atoms with Crippen molar-refractivity contribution in [3.63, 3.8) is 0 Å². The van der Waals surface area contributed by atoms with E-state index >= 15 is 0 Å². The molecule has 106 valence electrons. The molecule has 0 aliphatic heterocycles. The van der Waals surface area contributed by atoms with Gasteiger partial charge in [0.2, 0.25) is 5.28 Å². The number of anilines is 1. The topological polar surface area (TPSA) is 37.8 Å². The third-order valence-electron chi connectivity index (χ3n) is 4.30. The lowest BCUT2D eigenvalue weighted by molar-refractivity contribution is 0.328. The number of halogens is 1. The minimum absolute atomic E-state index is 0.307. The van der Waals surface area contributed by atoms with Gasteiger partial charge >= 0.3 is 0 Å². The fraction of sp³-hybridized carbons (Fsp3) is 0.500. The highest BCUT2D eigenvalue weighted by Gasteiger charge is 2.21. The number of nitrogens with one attached hydrogen (secondary N) is 1. The van der Waals surface area contributed by atoms with E-state index < -0.39 is 0 Å². The van der Waals surface area contributed by atoms with E-state index in [-0.39, 0.29) is 0 Å². The normalized spacial score (nSPS) is 18.1. The van der Waals surface area contributed by atoms with E-state index in [9.17, 15) is 0 Å².